The van der Waals surface area contributed by atoms with E-state index in [9.17, 15) is 5.11 Å². The third-order valence-corrected chi connectivity index (χ3v) is 3.53. The van der Waals surface area contributed by atoms with Gasteiger partial charge in [0.15, 0.2) is 0 Å². The summed E-state index contributed by atoms with van der Waals surface area (Å²) in [4.78, 5) is 0. The molecule has 1 N–H and O–H groups in total. The van der Waals surface area contributed by atoms with Crippen molar-refractivity contribution in [3.05, 3.63) is 35.4 Å². The minimum atomic E-state index is -0.193. The molecule has 2 rings (SSSR count). The molecule has 0 radical (unpaired) electrons. The Kier molecular flexibility index (Phi) is 3.16. The fourth-order valence-corrected chi connectivity index (χ4v) is 2.97. The number of fused-ring (bicyclic) bond motifs is 1. The smallest absolute Gasteiger partial charge is 0.127 e. The minimum absolute atomic E-state index is 0.118. The van der Waals surface area contributed by atoms with Crippen LogP contribution >= 0.6 is 0 Å². The molecule has 1 aliphatic heterocycles. The first-order valence-corrected chi connectivity index (χ1v) is 6.84. The van der Waals surface area contributed by atoms with Gasteiger partial charge in [-0.15, -0.1) is 6.58 Å². The summed E-state index contributed by atoms with van der Waals surface area (Å²) in [6.45, 7) is 14.3. The largest absolute Gasteiger partial charge is 0.508 e. The summed E-state index contributed by atoms with van der Waals surface area (Å²) in [6, 6.07) is 1.87. The van der Waals surface area contributed by atoms with Gasteiger partial charge in [-0.1, -0.05) is 26.8 Å². The summed E-state index contributed by atoms with van der Waals surface area (Å²) in [5.41, 5.74) is 2.86. The van der Waals surface area contributed by atoms with Crippen molar-refractivity contribution >= 4 is 0 Å². The second-order valence-corrected chi connectivity index (χ2v) is 7.02. The van der Waals surface area contributed by atoms with Gasteiger partial charge in [-0.05, 0) is 31.7 Å². The lowest BCUT2D eigenvalue weighted by Crippen LogP contribution is -2.25. The molecule has 0 amide bonds. The lowest BCUT2D eigenvalue weighted by Gasteiger charge is -2.26. The highest BCUT2D eigenvalue weighted by Crippen LogP contribution is 2.46. The summed E-state index contributed by atoms with van der Waals surface area (Å²) in [6.07, 6.45) is 3.43. The van der Waals surface area contributed by atoms with Crippen molar-refractivity contribution in [2.45, 2.75) is 58.5 Å². The van der Waals surface area contributed by atoms with E-state index >= 15 is 0 Å². The van der Waals surface area contributed by atoms with Crippen molar-refractivity contribution in [3.8, 4) is 11.5 Å². The van der Waals surface area contributed by atoms with Crippen molar-refractivity contribution in [1.82, 2.24) is 0 Å². The summed E-state index contributed by atoms with van der Waals surface area (Å²) >= 11 is 0. The Morgan fingerprint density at radius 1 is 1.42 bits per heavy atom. The molecular formula is C17H24O2. The minimum Gasteiger partial charge on any atom is -0.508 e. The monoisotopic (exact) mass is 260 g/mol. The molecule has 2 heteroatoms. The van der Waals surface area contributed by atoms with Crippen LogP contribution in [0.2, 0.25) is 0 Å². The van der Waals surface area contributed by atoms with Gasteiger partial charge >= 0.3 is 0 Å². The highest BCUT2D eigenvalue weighted by molar-refractivity contribution is 5.58. The molecule has 0 saturated heterocycles. The maximum absolute atomic E-state index is 10.4. The molecule has 2 nitrogen and oxygen atoms in total. The fourth-order valence-electron chi connectivity index (χ4n) is 2.97. The van der Waals surface area contributed by atoms with Crippen LogP contribution in [0.5, 0.6) is 11.5 Å². The van der Waals surface area contributed by atoms with Crippen molar-refractivity contribution in [3.63, 3.8) is 0 Å². The molecule has 1 aliphatic rings. The van der Waals surface area contributed by atoms with Crippen LogP contribution in [0.4, 0.5) is 0 Å². The maximum atomic E-state index is 10.4. The van der Waals surface area contributed by atoms with Gasteiger partial charge in [0.2, 0.25) is 0 Å². The van der Waals surface area contributed by atoms with Gasteiger partial charge < -0.3 is 9.84 Å². The number of phenols is 1. The maximum Gasteiger partial charge on any atom is 0.127 e. The number of allylic oxidation sites excluding steroid dienone is 1. The van der Waals surface area contributed by atoms with E-state index in [0.717, 1.165) is 35.3 Å². The van der Waals surface area contributed by atoms with Crippen molar-refractivity contribution in [2.75, 3.05) is 0 Å². The Morgan fingerprint density at radius 2 is 2.05 bits per heavy atom. The molecule has 0 fully saturated rings. The van der Waals surface area contributed by atoms with E-state index in [0.29, 0.717) is 5.75 Å². The number of phenolic OH excluding ortho intramolecular Hbond substituents is 1. The molecule has 19 heavy (non-hydrogen) atoms. The summed E-state index contributed by atoms with van der Waals surface area (Å²) in [7, 11) is 0. The van der Waals surface area contributed by atoms with Crippen molar-refractivity contribution in [2.24, 2.45) is 0 Å². The van der Waals surface area contributed by atoms with E-state index in [4.69, 9.17) is 4.74 Å². The predicted octanol–water partition coefficient (Wildman–Crippen LogP) is 4.13. The molecule has 0 aliphatic carbocycles. The van der Waals surface area contributed by atoms with Crippen LogP contribution in [0.15, 0.2) is 18.7 Å². The first-order chi connectivity index (χ1) is 8.65. The second-order valence-electron chi connectivity index (χ2n) is 7.02. The lowest BCUT2D eigenvalue weighted by molar-refractivity contribution is 0.137. The zero-order valence-electron chi connectivity index (χ0n) is 12.6. The van der Waals surface area contributed by atoms with Crippen LogP contribution in [0, 0.1) is 0 Å². The predicted molar refractivity (Wildman–Crippen MR) is 79.1 cm³/mol. The zero-order valence-corrected chi connectivity index (χ0v) is 12.6. The Hall–Kier alpha value is -1.44. The number of hydrogen-bond acceptors (Lipinski definition) is 2. The Labute approximate surface area is 116 Å². The SMILES string of the molecule is C=CCc1c2c(cc(O)c1C(C)(C)C)CC(C)(C)O2. The Balaban J connectivity index is 2.69. The average molecular weight is 260 g/mol. The van der Waals surface area contributed by atoms with E-state index in [1.807, 2.05) is 12.1 Å². The molecule has 104 valence electrons. The molecule has 0 bridgehead atoms. The third-order valence-electron chi connectivity index (χ3n) is 3.53. The van der Waals surface area contributed by atoms with Gasteiger partial charge in [-0.25, -0.2) is 0 Å². The average Bonchev–Trinajstić information content (AvgIpc) is 2.50. The van der Waals surface area contributed by atoms with Gasteiger partial charge in [0.1, 0.15) is 17.1 Å². The number of aromatic hydroxyl groups is 1. The Morgan fingerprint density at radius 3 is 2.58 bits per heavy atom. The standard InChI is InChI=1S/C17H24O2/c1-7-8-12-14(16(2,3)4)13(18)9-11-10-17(5,6)19-15(11)12/h7,9,18H,1,8,10H2,2-6H3. The van der Waals surface area contributed by atoms with E-state index in [2.05, 4.69) is 41.2 Å². The third kappa shape index (κ3) is 2.49. The molecule has 1 heterocycles. The quantitative estimate of drug-likeness (QED) is 0.810. The molecule has 1 aromatic carbocycles. The van der Waals surface area contributed by atoms with Gasteiger partial charge in [-0.3, -0.25) is 0 Å². The van der Waals surface area contributed by atoms with E-state index in [1.54, 1.807) is 0 Å². The lowest BCUT2D eigenvalue weighted by atomic mass is 9.80. The molecule has 0 atom stereocenters. The molecular weight excluding hydrogens is 236 g/mol. The van der Waals surface area contributed by atoms with Crippen LogP contribution in [0.3, 0.4) is 0 Å². The Bertz CT molecular complexity index is 519. The number of benzene rings is 1. The summed E-state index contributed by atoms with van der Waals surface area (Å²) in [5, 5.41) is 10.4. The first-order valence-electron chi connectivity index (χ1n) is 6.84. The van der Waals surface area contributed by atoms with E-state index in [-0.39, 0.29) is 11.0 Å². The van der Waals surface area contributed by atoms with Gasteiger partial charge in [0.25, 0.3) is 0 Å². The molecule has 0 spiro atoms. The van der Waals surface area contributed by atoms with Crippen LogP contribution in [-0.4, -0.2) is 10.7 Å². The molecule has 0 aromatic heterocycles. The van der Waals surface area contributed by atoms with Gasteiger partial charge in [-0.2, -0.15) is 0 Å². The summed E-state index contributed by atoms with van der Waals surface area (Å²) in [5.74, 6) is 1.33. The second kappa shape index (κ2) is 4.29. The highest BCUT2D eigenvalue weighted by atomic mass is 16.5. The summed E-state index contributed by atoms with van der Waals surface area (Å²) < 4.78 is 6.11. The molecule has 1 aromatic rings. The van der Waals surface area contributed by atoms with Gasteiger partial charge in [0.05, 0.1) is 0 Å². The van der Waals surface area contributed by atoms with Crippen molar-refractivity contribution in [1.29, 1.82) is 0 Å². The van der Waals surface area contributed by atoms with E-state index < -0.39 is 0 Å². The first kappa shape index (κ1) is 14.0. The molecule has 0 unspecified atom stereocenters. The topological polar surface area (TPSA) is 29.5 Å². The van der Waals surface area contributed by atoms with Crippen molar-refractivity contribution < 1.29 is 9.84 Å². The molecule has 0 saturated carbocycles. The number of ether oxygens (including phenoxy) is 1. The highest BCUT2D eigenvalue weighted by Gasteiger charge is 2.35. The number of rotatable bonds is 2. The van der Waals surface area contributed by atoms with Gasteiger partial charge in [0, 0.05) is 23.1 Å². The fraction of sp³-hybridized carbons (Fsp3) is 0.529. The van der Waals surface area contributed by atoms with Crippen LogP contribution in [0.1, 0.15) is 51.3 Å². The van der Waals surface area contributed by atoms with E-state index in [1.165, 1.54) is 0 Å². The normalized spacial score (nSPS) is 16.9. The zero-order chi connectivity index (χ0) is 14.4. The van der Waals surface area contributed by atoms with Crippen LogP contribution in [-0.2, 0) is 18.3 Å². The van der Waals surface area contributed by atoms with Crippen LogP contribution in [0.25, 0.3) is 0 Å². The number of hydrogen-bond donors (Lipinski definition) is 1. The van der Waals surface area contributed by atoms with Crippen LogP contribution < -0.4 is 4.74 Å².